The van der Waals surface area contributed by atoms with Crippen molar-refractivity contribution >= 4 is 22.0 Å². The normalized spacial score (nSPS) is 13.0. The van der Waals surface area contributed by atoms with Crippen LogP contribution in [0.3, 0.4) is 0 Å². The molecule has 0 fully saturated rings. The van der Waals surface area contributed by atoms with E-state index >= 15 is 0 Å². The molecule has 0 aliphatic carbocycles. The molecule has 1 aromatic heterocycles. The van der Waals surface area contributed by atoms with Gasteiger partial charge >= 0.3 is 6.18 Å². The predicted octanol–water partition coefficient (Wildman–Crippen LogP) is 7.38. The molecule has 0 saturated carbocycles. The number of benzene rings is 2. The summed E-state index contributed by atoms with van der Waals surface area (Å²) < 4.78 is 44.3. The fourth-order valence-corrected chi connectivity index (χ4v) is 3.36. The van der Waals surface area contributed by atoms with Crippen LogP contribution in [0.25, 0.3) is 22.0 Å². The predicted molar refractivity (Wildman–Crippen MR) is 120 cm³/mol. The first-order valence-corrected chi connectivity index (χ1v) is 9.81. The van der Waals surface area contributed by atoms with Gasteiger partial charge in [0.25, 0.3) is 0 Å². The summed E-state index contributed by atoms with van der Waals surface area (Å²) >= 11 is 0. The molecule has 0 spiro atoms. The maximum atomic E-state index is 13.0. The lowest BCUT2D eigenvalue weighted by Crippen LogP contribution is -2.05. The Kier molecular flexibility index (Phi) is 6.76. The number of rotatable bonds is 6. The van der Waals surface area contributed by atoms with Crippen LogP contribution in [-0.2, 0) is 17.5 Å². The standard InChI is InChI=1S/C26H24F3NO/c1-5-20(21-8-6-7-19(14-21)16-31-4)10-9-17(2)25-13-18(3)23-15-22(26(27,28)29)11-12-24(23)30-25/h5-15H,1,16H2,2-4H3/b17-9+,20-10+. The van der Waals surface area contributed by atoms with Crippen LogP contribution in [0.4, 0.5) is 13.2 Å². The van der Waals surface area contributed by atoms with Crippen LogP contribution < -0.4 is 0 Å². The van der Waals surface area contributed by atoms with Crippen molar-refractivity contribution in [3.63, 3.8) is 0 Å². The molecule has 2 nitrogen and oxygen atoms in total. The van der Waals surface area contributed by atoms with Gasteiger partial charge in [0.1, 0.15) is 0 Å². The zero-order valence-electron chi connectivity index (χ0n) is 17.8. The lowest BCUT2D eigenvalue weighted by molar-refractivity contribution is -0.137. The van der Waals surface area contributed by atoms with E-state index in [4.69, 9.17) is 4.74 Å². The van der Waals surface area contributed by atoms with Gasteiger partial charge in [0, 0.05) is 12.5 Å². The first-order chi connectivity index (χ1) is 14.7. The quantitative estimate of drug-likeness (QED) is 0.386. The van der Waals surface area contributed by atoms with Crippen molar-refractivity contribution < 1.29 is 17.9 Å². The fourth-order valence-electron chi connectivity index (χ4n) is 3.36. The third-order valence-corrected chi connectivity index (χ3v) is 5.05. The molecule has 160 valence electrons. The van der Waals surface area contributed by atoms with E-state index in [9.17, 15) is 13.2 Å². The van der Waals surface area contributed by atoms with Crippen molar-refractivity contribution in [3.8, 4) is 0 Å². The summed E-state index contributed by atoms with van der Waals surface area (Å²) in [5.74, 6) is 0. The van der Waals surface area contributed by atoms with Gasteiger partial charge in [-0.05, 0) is 72.0 Å². The minimum absolute atomic E-state index is 0.503. The summed E-state index contributed by atoms with van der Waals surface area (Å²) in [6.07, 6.45) is 1.31. The second kappa shape index (κ2) is 9.31. The fraction of sp³-hybridized carbons (Fsp3) is 0.192. The molecule has 1 heterocycles. The van der Waals surface area contributed by atoms with Crippen LogP contribution in [0, 0.1) is 6.92 Å². The molecule has 0 radical (unpaired) electrons. The molecule has 2 aromatic carbocycles. The van der Waals surface area contributed by atoms with Gasteiger partial charge in [0.15, 0.2) is 0 Å². The van der Waals surface area contributed by atoms with E-state index in [1.165, 1.54) is 6.07 Å². The monoisotopic (exact) mass is 423 g/mol. The molecule has 0 aliphatic rings. The number of aryl methyl sites for hydroxylation is 1. The van der Waals surface area contributed by atoms with Gasteiger partial charge in [-0.3, -0.25) is 0 Å². The number of hydrogen-bond acceptors (Lipinski definition) is 2. The van der Waals surface area contributed by atoms with E-state index in [0.717, 1.165) is 45.7 Å². The van der Waals surface area contributed by atoms with Gasteiger partial charge in [-0.1, -0.05) is 43.0 Å². The molecule has 0 bridgehead atoms. The minimum Gasteiger partial charge on any atom is -0.380 e. The van der Waals surface area contributed by atoms with Gasteiger partial charge in [0.05, 0.1) is 23.4 Å². The summed E-state index contributed by atoms with van der Waals surface area (Å²) in [7, 11) is 1.66. The number of ether oxygens (including phenoxy) is 1. The first-order valence-electron chi connectivity index (χ1n) is 9.81. The third kappa shape index (κ3) is 5.30. The molecule has 0 N–H and O–H groups in total. The van der Waals surface area contributed by atoms with Crippen LogP contribution in [0.2, 0.25) is 0 Å². The van der Waals surface area contributed by atoms with Crippen molar-refractivity contribution in [2.24, 2.45) is 0 Å². The highest BCUT2D eigenvalue weighted by molar-refractivity contribution is 5.85. The zero-order valence-corrected chi connectivity index (χ0v) is 17.8. The molecule has 0 atom stereocenters. The Balaban J connectivity index is 1.96. The number of pyridine rings is 1. The molecule has 3 aromatic rings. The maximum absolute atomic E-state index is 13.0. The Morgan fingerprint density at radius 2 is 1.87 bits per heavy atom. The van der Waals surface area contributed by atoms with Crippen molar-refractivity contribution in [2.75, 3.05) is 7.11 Å². The van der Waals surface area contributed by atoms with Gasteiger partial charge in [0.2, 0.25) is 0 Å². The summed E-state index contributed by atoms with van der Waals surface area (Å²) in [5, 5.41) is 0.503. The topological polar surface area (TPSA) is 22.1 Å². The third-order valence-electron chi connectivity index (χ3n) is 5.05. The second-order valence-electron chi connectivity index (χ2n) is 7.36. The highest BCUT2D eigenvalue weighted by Gasteiger charge is 2.30. The van der Waals surface area contributed by atoms with Crippen molar-refractivity contribution in [3.05, 3.63) is 101 Å². The number of halogens is 3. The average molecular weight is 423 g/mol. The summed E-state index contributed by atoms with van der Waals surface area (Å²) in [5.41, 5.74) is 5.28. The highest BCUT2D eigenvalue weighted by Crippen LogP contribution is 2.32. The number of methoxy groups -OCH3 is 1. The van der Waals surface area contributed by atoms with E-state index in [0.29, 0.717) is 17.5 Å². The average Bonchev–Trinajstić information content (AvgIpc) is 2.73. The molecule has 31 heavy (non-hydrogen) atoms. The molecular formula is C26H24F3NO. The zero-order chi connectivity index (χ0) is 22.6. The maximum Gasteiger partial charge on any atom is 0.416 e. The summed E-state index contributed by atoms with van der Waals surface area (Å²) in [6.45, 7) is 8.17. The smallest absolute Gasteiger partial charge is 0.380 e. The lowest BCUT2D eigenvalue weighted by atomic mass is 10.0. The van der Waals surface area contributed by atoms with Gasteiger partial charge in [-0.2, -0.15) is 13.2 Å². The Bertz CT molecular complexity index is 1170. The van der Waals surface area contributed by atoms with E-state index in [-0.39, 0.29) is 0 Å². The van der Waals surface area contributed by atoms with Crippen LogP contribution in [-0.4, -0.2) is 12.1 Å². The number of nitrogens with zero attached hydrogens (tertiary/aromatic N) is 1. The number of hydrogen-bond donors (Lipinski definition) is 0. The van der Waals surface area contributed by atoms with E-state index in [2.05, 4.69) is 17.6 Å². The summed E-state index contributed by atoms with van der Waals surface area (Å²) in [6, 6.07) is 13.5. The Labute approximate surface area is 180 Å². The van der Waals surface area contributed by atoms with Gasteiger partial charge in [-0.15, -0.1) is 0 Å². The molecule has 0 unspecified atom stereocenters. The lowest BCUT2D eigenvalue weighted by Gasteiger charge is -2.11. The first kappa shape index (κ1) is 22.5. The molecule has 3 rings (SSSR count). The SMILES string of the molecule is C=C/C(=C\C=C(/C)c1cc(C)c2cc(C(F)(F)F)ccc2n1)c1cccc(COC)c1. The Hall–Kier alpha value is -3.18. The number of fused-ring (bicyclic) bond motifs is 1. The van der Waals surface area contributed by atoms with Crippen LogP contribution in [0.5, 0.6) is 0 Å². The number of alkyl halides is 3. The van der Waals surface area contributed by atoms with Gasteiger partial charge < -0.3 is 4.74 Å². The summed E-state index contributed by atoms with van der Waals surface area (Å²) in [4.78, 5) is 4.57. The molecule has 5 heteroatoms. The van der Waals surface area contributed by atoms with E-state index in [1.54, 1.807) is 20.1 Å². The van der Waals surface area contributed by atoms with Crippen molar-refractivity contribution in [1.29, 1.82) is 0 Å². The van der Waals surface area contributed by atoms with Crippen LogP contribution in [0.1, 0.15) is 34.9 Å². The van der Waals surface area contributed by atoms with Crippen molar-refractivity contribution in [1.82, 2.24) is 4.98 Å². The second-order valence-corrected chi connectivity index (χ2v) is 7.36. The molecule has 0 amide bonds. The van der Waals surface area contributed by atoms with E-state index < -0.39 is 11.7 Å². The molecular weight excluding hydrogens is 399 g/mol. The Morgan fingerprint density at radius 3 is 2.55 bits per heavy atom. The van der Waals surface area contributed by atoms with Crippen molar-refractivity contribution in [2.45, 2.75) is 26.6 Å². The van der Waals surface area contributed by atoms with Crippen LogP contribution >= 0.6 is 0 Å². The highest BCUT2D eigenvalue weighted by atomic mass is 19.4. The largest absolute Gasteiger partial charge is 0.416 e. The minimum atomic E-state index is -4.37. The van der Waals surface area contributed by atoms with Crippen LogP contribution in [0.15, 0.2) is 73.3 Å². The van der Waals surface area contributed by atoms with E-state index in [1.807, 2.05) is 43.3 Å². The molecule has 0 saturated heterocycles. The number of aromatic nitrogens is 1. The van der Waals surface area contributed by atoms with Gasteiger partial charge in [-0.25, -0.2) is 4.98 Å². The Morgan fingerprint density at radius 1 is 1.10 bits per heavy atom. The number of allylic oxidation sites excluding steroid dienone is 5. The molecule has 0 aliphatic heterocycles.